The van der Waals surface area contributed by atoms with Crippen LogP contribution in [-0.4, -0.2) is 27.0 Å². The summed E-state index contributed by atoms with van der Waals surface area (Å²) in [4.78, 5) is 12.9. The summed E-state index contributed by atoms with van der Waals surface area (Å²) >= 11 is 8.83. The molecule has 1 aromatic carbocycles. The molecular formula is C13H10ClN5OS2. The zero-order valence-corrected chi connectivity index (χ0v) is 13.7. The lowest BCUT2D eigenvalue weighted by Crippen LogP contribution is -2.21. The summed E-state index contributed by atoms with van der Waals surface area (Å²) in [6.07, 6.45) is 1.56. The summed E-state index contributed by atoms with van der Waals surface area (Å²) in [5.74, 6) is 0. The molecule has 2 heterocycles. The van der Waals surface area contributed by atoms with E-state index in [1.807, 2.05) is 18.2 Å². The molecule has 0 atom stereocenters. The maximum Gasteiger partial charge on any atom is 0.291 e. The summed E-state index contributed by atoms with van der Waals surface area (Å²) < 4.78 is 1.95. The average molecular weight is 352 g/mol. The molecule has 0 spiro atoms. The molecule has 0 radical (unpaired) electrons. The van der Waals surface area contributed by atoms with Gasteiger partial charge in [-0.1, -0.05) is 52.9 Å². The number of nitrogens with one attached hydrogen (secondary N) is 1. The van der Waals surface area contributed by atoms with Crippen LogP contribution < -0.4 is 10.9 Å². The third-order valence-corrected chi connectivity index (χ3v) is 5.20. The van der Waals surface area contributed by atoms with Gasteiger partial charge in [-0.3, -0.25) is 4.79 Å². The molecule has 6 nitrogen and oxygen atoms in total. The first kappa shape index (κ1) is 15.0. The van der Waals surface area contributed by atoms with Crippen molar-refractivity contribution < 1.29 is 0 Å². The number of anilines is 1. The fourth-order valence-corrected chi connectivity index (χ4v) is 3.58. The van der Waals surface area contributed by atoms with E-state index in [1.165, 1.54) is 27.8 Å². The maximum absolute atomic E-state index is 12.4. The summed E-state index contributed by atoms with van der Waals surface area (Å²) in [5.41, 5.74) is 0.301. The number of nitrogens with zero attached hydrogens (tertiary/aromatic N) is 4. The smallest absolute Gasteiger partial charge is 0.291 e. The third-order valence-electron chi connectivity index (χ3n) is 2.71. The van der Waals surface area contributed by atoms with Gasteiger partial charge < -0.3 is 5.32 Å². The second-order valence-electron chi connectivity index (χ2n) is 4.10. The van der Waals surface area contributed by atoms with Crippen LogP contribution in [0.25, 0.3) is 5.69 Å². The zero-order valence-electron chi connectivity index (χ0n) is 11.4. The molecule has 0 saturated heterocycles. The van der Waals surface area contributed by atoms with Gasteiger partial charge in [0, 0.05) is 7.05 Å². The predicted molar refractivity (Wildman–Crippen MR) is 88.4 cm³/mol. The Balaban J connectivity index is 1.95. The fourth-order valence-electron chi connectivity index (χ4n) is 1.69. The maximum atomic E-state index is 12.4. The summed E-state index contributed by atoms with van der Waals surface area (Å²) in [5, 5.41) is 15.8. The van der Waals surface area contributed by atoms with E-state index >= 15 is 0 Å². The van der Waals surface area contributed by atoms with Gasteiger partial charge in [-0.25, -0.2) is 0 Å². The molecule has 0 saturated carbocycles. The summed E-state index contributed by atoms with van der Waals surface area (Å²) in [7, 11) is 1.77. The zero-order chi connectivity index (χ0) is 15.5. The highest BCUT2D eigenvalue weighted by atomic mass is 35.5. The first-order chi connectivity index (χ1) is 10.7. The van der Waals surface area contributed by atoms with Crippen LogP contribution >= 0.6 is 34.7 Å². The topological polar surface area (TPSA) is 72.7 Å². The van der Waals surface area contributed by atoms with Gasteiger partial charge in [-0.15, -0.1) is 10.2 Å². The number of rotatable bonds is 4. The Kier molecular flexibility index (Phi) is 4.41. The highest BCUT2D eigenvalue weighted by Crippen LogP contribution is 2.34. The van der Waals surface area contributed by atoms with Crippen molar-refractivity contribution in [1.82, 2.24) is 20.0 Å². The SMILES string of the molecule is CNc1nnc(Sc2cnn(-c3ccccc3)c(=O)c2Cl)s1. The van der Waals surface area contributed by atoms with Crippen molar-refractivity contribution >= 4 is 39.8 Å². The van der Waals surface area contributed by atoms with Gasteiger partial charge >= 0.3 is 0 Å². The Hall–Kier alpha value is -1.90. The molecule has 9 heteroatoms. The van der Waals surface area contributed by atoms with Crippen LogP contribution in [-0.2, 0) is 0 Å². The van der Waals surface area contributed by atoms with Crippen molar-refractivity contribution in [2.75, 3.05) is 12.4 Å². The predicted octanol–water partition coefficient (Wildman–Crippen LogP) is 2.93. The number of benzene rings is 1. The Labute approximate surface area is 139 Å². The van der Waals surface area contributed by atoms with Crippen LogP contribution in [0.3, 0.4) is 0 Å². The van der Waals surface area contributed by atoms with Gasteiger partial charge in [0.05, 0.1) is 16.8 Å². The monoisotopic (exact) mass is 351 g/mol. The van der Waals surface area contributed by atoms with Crippen molar-refractivity contribution in [3.05, 3.63) is 51.9 Å². The lowest BCUT2D eigenvalue weighted by molar-refractivity contribution is 0.791. The van der Waals surface area contributed by atoms with Crippen LogP contribution in [0.1, 0.15) is 0 Å². The normalized spacial score (nSPS) is 10.6. The molecule has 0 aliphatic carbocycles. The largest absolute Gasteiger partial charge is 0.363 e. The Morgan fingerprint density at radius 2 is 2.05 bits per heavy atom. The highest BCUT2D eigenvalue weighted by Gasteiger charge is 2.14. The Morgan fingerprint density at radius 1 is 1.27 bits per heavy atom. The van der Waals surface area contributed by atoms with Crippen LogP contribution in [0.5, 0.6) is 0 Å². The minimum atomic E-state index is -0.365. The molecule has 0 bridgehead atoms. The Bertz CT molecular complexity index is 849. The van der Waals surface area contributed by atoms with E-state index in [-0.39, 0.29) is 10.6 Å². The minimum Gasteiger partial charge on any atom is -0.363 e. The summed E-state index contributed by atoms with van der Waals surface area (Å²) in [6.45, 7) is 0. The summed E-state index contributed by atoms with van der Waals surface area (Å²) in [6, 6.07) is 9.12. The first-order valence-corrected chi connectivity index (χ1v) is 8.22. The second-order valence-corrected chi connectivity index (χ2v) is 6.75. The van der Waals surface area contributed by atoms with E-state index in [0.29, 0.717) is 20.1 Å². The van der Waals surface area contributed by atoms with E-state index in [2.05, 4.69) is 20.6 Å². The van der Waals surface area contributed by atoms with Crippen molar-refractivity contribution in [3.8, 4) is 5.69 Å². The molecule has 0 amide bonds. The molecule has 22 heavy (non-hydrogen) atoms. The highest BCUT2D eigenvalue weighted by molar-refractivity contribution is 8.01. The van der Waals surface area contributed by atoms with Crippen LogP contribution in [0.4, 0.5) is 5.13 Å². The number of hydrogen-bond acceptors (Lipinski definition) is 7. The van der Waals surface area contributed by atoms with Crippen LogP contribution in [0.15, 0.2) is 50.6 Å². The van der Waals surface area contributed by atoms with E-state index in [4.69, 9.17) is 11.6 Å². The molecule has 112 valence electrons. The van der Waals surface area contributed by atoms with Crippen molar-refractivity contribution in [1.29, 1.82) is 0 Å². The number of halogens is 1. The molecule has 2 aromatic heterocycles. The number of para-hydroxylation sites is 1. The molecule has 1 N–H and O–H groups in total. The number of hydrogen-bond donors (Lipinski definition) is 1. The van der Waals surface area contributed by atoms with Gasteiger partial charge in [0.25, 0.3) is 5.56 Å². The third kappa shape index (κ3) is 2.99. The quantitative estimate of drug-likeness (QED) is 0.779. The molecular weight excluding hydrogens is 342 g/mol. The lowest BCUT2D eigenvalue weighted by Gasteiger charge is -2.06. The molecule has 0 aliphatic rings. The first-order valence-electron chi connectivity index (χ1n) is 6.21. The average Bonchev–Trinajstić information content (AvgIpc) is 3.01. The second kappa shape index (κ2) is 6.47. The van der Waals surface area contributed by atoms with Gasteiger partial charge in [-0.05, 0) is 12.1 Å². The van der Waals surface area contributed by atoms with Crippen molar-refractivity contribution in [2.24, 2.45) is 0 Å². The Morgan fingerprint density at radius 3 is 2.73 bits per heavy atom. The molecule has 3 rings (SSSR count). The standard InChI is InChI=1S/C13H10ClN5OS2/c1-15-12-17-18-13(22-12)21-9-7-16-19(11(20)10(9)14)8-5-3-2-4-6-8/h2-7H,1H3,(H,15,17). The van der Waals surface area contributed by atoms with Gasteiger partial charge in [-0.2, -0.15) is 9.78 Å². The molecule has 3 aromatic rings. The van der Waals surface area contributed by atoms with E-state index in [0.717, 1.165) is 0 Å². The van der Waals surface area contributed by atoms with Gasteiger partial charge in [0.1, 0.15) is 5.02 Å². The number of aromatic nitrogens is 4. The van der Waals surface area contributed by atoms with Crippen LogP contribution in [0.2, 0.25) is 5.02 Å². The lowest BCUT2D eigenvalue weighted by atomic mass is 10.3. The molecule has 0 unspecified atom stereocenters. The van der Waals surface area contributed by atoms with Crippen molar-refractivity contribution in [2.45, 2.75) is 9.24 Å². The van der Waals surface area contributed by atoms with E-state index < -0.39 is 0 Å². The van der Waals surface area contributed by atoms with Gasteiger partial charge in [0.2, 0.25) is 5.13 Å². The van der Waals surface area contributed by atoms with E-state index in [9.17, 15) is 4.79 Å². The molecule has 0 aliphatic heterocycles. The molecule has 0 fully saturated rings. The van der Waals surface area contributed by atoms with Crippen LogP contribution in [0, 0.1) is 0 Å². The van der Waals surface area contributed by atoms with E-state index in [1.54, 1.807) is 25.4 Å². The van der Waals surface area contributed by atoms with Gasteiger partial charge in [0.15, 0.2) is 4.34 Å². The fraction of sp³-hybridized carbons (Fsp3) is 0.0769. The minimum absolute atomic E-state index is 0.116. The van der Waals surface area contributed by atoms with Crippen molar-refractivity contribution in [3.63, 3.8) is 0 Å².